The zero-order valence-corrected chi connectivity index (χ0v) is 18.2. The van der Waals surface area contributed by atoms with Crippen LogP contribution in [0.15, 0.2) is 52.2 Å². The monoisotopic (exact) mass is 437 g/mol. The van der Waals surface area contributed by atoms with Crippen LogP contribution in [0.1, 0.15) is 39.7 Å². The fourth-order valence-corrected chi connectivity index (χ4v) is 5.29. The van der Waals surface area contributed by atoms with E-state index in [0.717, 1.165) is 34.3 Å². The molecule has 2 aromatic heterocycles. The lowest BCUT2D eigenvalue weighted by molar-refractivity contribution is -0.116. The van der Waals surface area contributed by atoms with E-state index in [2.05, 4.69) is 12.2 Å². The maximum absolute atomic E-state index is 13.3. The molecular formula is C23H23N3O4S. The van der Waals surface area contributed by atoms with E-state index in [1.165, 1.54) is 35.2 Å². The third kappa shape index (κ3) is 4.16. The molecular weight excluding hydrogens is 414 g/mol. The van der Waals surface area contributed by atoms with Crippen LogP contribution in [0.25, 0.3) is 0 Å². The van der Waals surface area contributed by atoms with E-state index < -0.39 is 17.2 Å². The zero-order valence-electron chi connectivity index (χ0n) is 17.4. The van der Waals surface area contributed by atoms with Crippen molar-refractivity contribution in [2.24, 2.45) is 13.0 Å². The molecule has 0 saturated carbocycles. The Labute approximate surface area is 183 Å². The summed E-state index contributed by atoms with van der Waals surface area (Å²) in [5.41, 5.74) is 1.15. The average molecular weight is 438 g/mol. The summed E-state index contributed by atoms with van der Waals surface area (Å²) in [5, 5.41) is 3.38. The Kier molecular flexibility index (Phi) is 5.73. The molecule has 1 aliphatic carbocycles. The molecule has 4 rings (SSSR count). The van der Waals surface area contributed by atoms with Crippen LogP contribution in [0, 0.1) is 5.92 Å². The molecule has 1 atom stereocenters. The van der Waals surface area contributed by atoms with Crippen molar-refractivity contribution in [1.82, 2.24) is 9.13 Å². The van der Waals surface area contributed by atoms with Crippen molar-refractivity contribution in [2.45, 2.75) is 32.7 Å². The number of carbonyl (C=O) groups is 2. The Morgan fingerprint density at radius 2 is 1.90 bits per heavy atom. The molecule has 1 amide bonds. The smallest absolute Gasteiger partial charge is 0.316 e. The maximum atomic E-state index is 13.3. The number of benzene rings is 1. The summed E-state index contributed by atoms with van der Waals surface area (Å²) in [6.07, 6.45) is 3.99. The van der Waals surface area contributed by atoms with Crippen molar-refractivity contribution < 1.29 is 9.59 Å². The summed E-state index contributed by atoms with van der Waals surface area (Å²) in [6.45, 7) is 1.94. The summed E-state index contributed by atoms with van der Waals surface area (Å²) in [7, 11) is 1.37. The van der Waals surface area contributed by atoms with Crippen molar-refractivity contribution in [2.75, 3.05) is 5.32 Å². The van der Waals surface area contributed by atoms with E-state index in [1.54, 1.807) is 12.1 Å². The molecule has 0 fully saturated rings. The zero-order chi connectivity index (χ0) is 22.1. The molecule has 0 bridgehead atoms. The molecule has 1 aromatic carbocycles. The first kappa shape index (κ1) is 21.0. The van der Waals surface area contributed by atoms with Gasteiger partial charge in [0.15, 0.2) is 5.78 Å². The van der Waals surface area contributed by atoms with Crippen molar-refractivity contribution in [3.63, 3.8) is 0 Å². The predicted octanol–water partition coefficient (Wildman–Crippen LogP) is 2.60. The third-order valence-electron chi connectivity index (χ3n) is 5.60. The number of nitrogens with zero attached hydrogens (tertiary/aromatic N) is 2. The molecule has 160 valence electrons. The maximum Gasteiger partial charge on any atom is 0.331 e. The highest BCUT2D eigenvalue weighted by molar-refractivity contribution is 7.17. The van der Waals surface area contributed by atoms with Crippen LogP contribution >= 0.6 is 11.3 Å². The SMILES string of the molecule is CC1CCc2c(sc(NC(=O)Cn3ccc(=O)n(C)c3=O)c2C(=O)c2ccccc2)C1. The van der Waals surface area contributed by atoms with Gasteiger partial charge in [-0.1, -0.05) is 37.3 Å². The Morgan fingerprint density at radius 1 is 1.16 bits per heavy atom. The van der Waals surface area contributed by atoms with Gasteiger partial charge in [0.1, 0.15) is 11.5 Å². The van der Waals surface area contributed by atoms with Crippen molar-refractivity contribution >= 4 is 28.0 Å². The van der Waals surface area contributed by atoms with E-state index in [9.17, 15) is 19.2 Å². The highest BCUT2D eigenvalue weighted by Gasteiger charge is 2.29. The summed E-state index contributed by atoms with van der Waals surface area (Å²) >= 11 is 1.44. The lowest BCUT2D eigenvalue weighted by Gasteiger charge is -2.18. The Morgan fingerprint density at radius 3 is 2.65 bits per heavy atom. The largest absolute Gasteiger partial charge is 0.331 e. The first-order chi connectivity index (χ1) is 14.8. The Balaban J connectivity index is 1.67. The van der Waals surface area contributed by atoms with Crippen LogP contribution in [-0.2, 0) is 31.2 Å². The molecule has 0 radical (unpaired) electrons. The summed E-state index contributed by atoms with van der Waals surface area (Å²) in [5.74, 6) is -0.00436. The van der Waals surface area contributed by atoms with E-state index in [0.29, 0.717) is 22.0 Å². The molecule has 1 unspecified atom stereocenters. The van der Waals surface area contributed by atoms with Gasteiger partial charge in [-0.3, -0.25) is 23.5 Å². The van der Waals surface area contributed by atoms with Crippen LogP contribution < -0.4 is 16.6 Å². The Hall–Kier alpha value is -3.26. The topological polar surface area (TPSA) is 90.2 Å². The number of amides is 1. The number of fused-ring (bicyclic) bond motifs is 1. The van der Waals surface area contributed by atoms with E-state index in [-0.39, 0.29) is 12.3 Å². The molecule has 31 heavy (non-hydrogen) atoms. The molecule has 3 aromatic rings. The minimum Gasteiger partial charge on any atom is -0.316 e. The van der Waals surface area contributed by atoms with Crippen molar-refractivity contribution in [3.05, 3.63) is 85.0 Å². The van der Waals surface area contributed by atoms with Crippen LogP contribution in [-0.4, -0.2) is 20.8 Å². The van der Waals surface area contributed by atoms with Gasteiger partial charge >= 0.3 is 5.69 Å². The number of thiophene rings is 1. The second kappa shape index (κ2) is 8.47. The van der Waals surface area contributed by atoms with Gasteiger partial charge in [-0.2, -0.15) is 0 Å². The first-order valence-corrected chi connectivity index (χ1v) is 11.0. The van der Waals surface area contributed by atoms with Gasteiger partial charge in [0.05, 0.1) is 5.56 Å². The lowest BCUT2D eigenvalue weighted by Crippen LogP contribution is -2.39. The van der Waals surface area contributed by atoms with E-state index in [1.807, 2.05) is 18.2 Å². The van der Waals surface area contributed by atoms with Gasteiger partial charge in [0, 0.05) is 29.8 Å². The first-order valence-electron chi connectivity index (χ1n) is 10.2. The normalized spacial score (nSPS) is 15.4. The molecule has 0 spiro atoms. The van der Waals surface area contributed by atoms with Gasteiger partial charge < -0.3 is 5.32 Å². The number of ketones is 1. The number of rotatable bonds is 5. The molecule has 0 saturated heterocycles. The number of hydrogen-bond acceptors (Lipinski definition) is 5. The number of anilines is 1. The van der Waals surface area contributed by atoms with E-state index >= 15 is 0 Å². The van der Waals surface area contributed by atoms with Gasteiger partial charge in [-0.15, -0.1) is 11.3 Å². The highest BCUT2D eigenvalue weighted by Crippen LogP contribution is 2.40. The minimum absolute atomic E-state index is 0.109. The van der Waals surface area contributed by atoms with Gasteiger partial charge in [0.25, 0.3) is 5.56 Å². The Bertz CT molecular complexity index is 1270. The van der Waals surface area contributed by atoms with E-state index in [4.69, 9.17) is 0 Å². The quantitative estimate of drug-likeness (QED) is 0.622. The average Bonchev–Trinajstić information content (AvgIpc) is 3.10. The second-order valence-electron chi connectivity index (χ2n) is 7.92. The molecule has 1 N–H and O–H groups in total. The number of hydrogen-bond donors (Lipinski definition) is 1. The fraction of sp³-hybridized carbons (Fsp3) is 0.304. The van der Waals surface area contributed by atoms with Crippen molar-refractivity contribution in [1.29, 1.82) is 0 Å². The molecule has 2 heterocycles. The number of aromatic nitrogens is 2. The van der Waals surface area contributed by atoms with Crippen LogP contribution in [0.2, 0.25) is 0 Å². The fourth-order valence-electron chi connectivity index (χ4n) is 3.87. The predicted molar refractivity (Wildman–Crippen MR) is 120 cm³/mol. The molecule has 7 nitrogen and oxygen atoms in total. The lowest BCUT2D eigenvalue weighted by atomic mass is 9.86. The molecule has 1 aliphatic rings. The summed E-state index contributed by atoms with van der Waals surface area (Å²) in [4.78, 5) is 51.0. The van der Waals surface area contributed by atoms with Gasteiger partial charge in [0.2, 0.25) is 5.91 Å². The highest BCUT2D eigenvalue weighted by atomic mass is 32.1. The molecule has 0 aliphatic heterocycles. The van der Waals surface area contributed by atoms with Crippen LogP contribution in [0.3, 0.4) is 0 Å². The minimum atomic E-state index is -0.567. The van der Waals surface area contributed by atoms with Crippen molar-refractivity contribution in [3.8, 4) is 0 Å². The standard InChI is InChI=1S/C23H23N3O4S/c1-14-8-9-16-17(12-14)31-22(20(16)21(29)15-6-4-3-5-7-15)24-18(27)13-26-11-10-19(28)25(2)23(26)30/h3-7,10-11,14H,8-9,12-13H2,1-2H3,(H,24,27). The molecule has 8 heteroatoms. The summed E-state index contributed by atoms with van der Waals surface area (Å²) < 4.78 is 2.12. The summed E-state index contributed by atoms with van der Waals surface area (Å²) in [6, 6.07) is 10.3. The van der Waals surface area contributed by atoms with Crippen LogP contribution in [0.4, 0.5) is 5.00 Å². The number of carbonyl (C=O) groups excluding carboxylic acids is 2. The number of nitrogens with one attached hydrogen (secondary N) is 1. The van der Waals surface area contributed by atoms with Gasteiger partial charge in [-0.05, 0) is 30.7 Å². The second-order valence-corrected chi connectivity index (χ2v) is 9.03. The van der Waals surface area contributed by atoms with Crippen LogP contribution in [0.5, 0.6) is 0 Å². The van der Waals surface area contributed by atoms with Gasteiger partial charge in [-0.25, -0.2) is 4.79 Å². The third-order valence-corrected chi connectivity index (χ3v) is 6.77.